The van der Waals surface area contributed by atoms with Crippen molar-refractivity contribution in [3.05, 3.63) is 57.6 Å². The molecule has 0 saturated heterocycles. The molecule has 0 aromatic heterocycles. The highest BCUT2D eigenvalue weighted by Crippen LogP contribution is 2.42. The lowest BCUT2D eigenvalue weighted by Crippen LogP contribution is -2.49. The number of alkyl halides is 3. The van der Waals surface area contributed by atoms with E-state index in [-0.39, 0.29) is 27.0 Å². The number of benzene rings is 2. The van der Waals surface area contributed by atoms with Gasteiger partial charge in [0.2, 0.25) is 0 Å². The van der Waals surface area contributed by atoms with Crippen LogP contribution >= 0.6 is 23.2 Å². The Bertz CT molecular complexity index is 952. The number of anilines is 1. The predicted octanol–water partition coefficient (Wildman–Crippen LogP) is 4.18. The van der Waals surface area contributed by atoms with Crippen LogP contribution < -0.4 is 10.1 Å². The molecule has 0 fully saturated rings. The lowest BCUT2D eigenvalue weighted by atomic mass is 9.92. The SMILES string of the molecule is COC(=O)C(O)(c1ccc(NC(=O)c2ccc(Cl)c(Cl)c2)c(OC)c1)C(F)(F)F. The summed E-state index contributed by atoms with van der Waals surface area (Å²) in [6.07, 6.45) is -5.37. The zero-order valence-electron chi connectivity index (χ0n) is 14.9. The molecule has 2 N–H and O–H groups in total. The van der Waals surface area contributed by atoms with Gasteiger partial charge < -0.3 is 19.9 Å². The molecule has 0 bridgehead atoms. The average Bonchev–Trinajstić information content (AvgIpc) is 2.67. The lowest BCUT2D eigenvalue weighted by molar-refractivity contribution is -0.266. The molecule has 0 radical (unpaired) electrons. The lowest BCUT2D eigenvalue weighted by Gasteiger charge is -2.28. The summed E-state index contributed by atoms with van der Waals surface area (Å²) >= 11 is 11.7. The quantitative estimate of drug-likeness (QED) is 0.666. The second-order valence-corrected chi connectivity index (χ2v) is 6.51. The van der Waals surface area contributed by atoms with Crippen LogP contribution in [0.1, 0.15) is 15.9 Å². The summed E-state index contributed by atoms with van der Waals surface area (Å²) in [5.74, 6) is -2.80. The van der Waals surface area contributed by atoms with Gasteiger partial charge in [0, 0.05) is 11.1 Å². The molecule has 29 heavy (non-hydrogen) atoms. The van der Waals surface area contributed by atoms with Gasteiger partial charge in [0.25, 0.3) is 11.5 Å². The maximum absolute atomic E-state index is 13.4. The van der Waals surface area contributed by atoms with Crippen molar-refractivity contribution in [3.63, 3.8) is 0 Å². The number of nitrogens with one attached hydrogen (secondary N) is 1. The molecule has 0 heterocycles. The number of rotatable bonds is 5. The van der Waals surface area contributed by atoms with E-state index < -0.39 is 29.2 Å². The fourth-order valence-corrected chi connectivity index (χ4v) is 2.69. The Kier molecular flexibility index (Phi) is 6.67. The molecule has 11 heteroatoms. The second-order valence-electron chi connectivity index (χ2n) is 5.70. The topological polar surface area (TPSA) is 84.9 Å². The first kappa shape index (κ1) is 22.8. The zero-order valence-corrected chi connectivity index (χ0v) is 16.4. The van der Waals surface area contributed by atoms with Crippen molar-refractivity contribution in [2.24, 2.45) is 0 Å². The van der Waals surface area contributed by atoms with Crippen LogP contribution in [-0.4, -0.2) is 37.4 Å². The Labute approximate surface area is 173 Å². The van der Waals surface area contributed by atoms with Gasteiger partial charge in [-0.25, -0.2) is 4.79 Å². The highest BCUT2D eigenvalue weighted by molar-refractivity contribution is 6.42. The molecule has 2 aromatic carbocycles. The van der Waals surface area contributed by atoms with Gasteiger partial charge in [0.1, 0.15) is 5.75 Å². The van der Waals surface area contributed by atoms with Crippen LogP contribution in [0.5, 0.6) is 5.75 Å². The van der Waals surface area contributed by atoms with E-state index in [1.165, 1.54) is 18.2 Å². The van der Waals surface area contributed by atoms with E-state index in [1.54, 1.807) is 0 Å². The summed E-state index contributed by atoms with van der Waals surface area (Å²) in [6.45, 7) is 0. The van der Waals surface area contributed by atoms with E-state index in [9.17, 15) is 27.9 Å². The fraction of sp³-hybridized carbons (Fsp3) is 0.222. The van der Waals surface area contributed by atoms with Crippen LogP contribution in [0.2, 0.25) is 10.0 Å². The van der Waals surface area contributed by atoms with Gasteiger partial charge in [0.05, 0.1) is 30.0 Å². The number of amides is 1. The van der Waals surface area contributed by atoms with Crippen molar-refractivity contribution >= 4 is 40.8 Å². The van der Waals surface area contributed by atoms with Crippen LogP contribution in [0.25, 0.3) is 0 Å². The maximum atomic E-state index is 13.4. The van der Waals surface area contributed by atoms with Gasteiger partial charge in [-0.1, -0.05) is 29.3 Å². The van der Waals surface area contributed by atoms with E-state index in [2.05, 4.69) is 10.1 Å². The van der Waals surface area contributed by atoms with Gasteiger partial charge >= 0.3 is 12.1 Å². The van der Waals surface area contributed by atoms with Crippen molar-refractivity contribution in [1.29, 1.82) is 0 Å². The molecular formula is C18H14Cl2F3NO5. The van der Waals surface area contributed by atoms with Crippen LogP contribution in [-0.2, 0) is 15.1 Å². The van der Waals surface area contributed by atoms with Crippen LogP contribution in [0.3, 0.4) is 0 Å². The van der Waals surface area contributed by atoms with E-state index in [0.29, 0.717) is 7.11 Å². The zero-order chi connectivity index (χ0) is 22.0. The molecule has 1 unspecified atom stereocenters. The maximum Gasteiger partial charge on any atom is 0.432 e. The van der Waals surface area contributed by atoms with Crippen molar-refractivity contribution in [2.75, 3.05) is 19.5 Å². The third kappa shape index (κ3) is 4.42. The fourth-order valence-electron chi connectivity index (χ4n) is 2.40. The summed E-state index contributed by atoms with van der Waals surface area (Å²) < 4.78 is 49.2. The van der Waals surface area contributed by atoms with E-state index in [1.807, 2.05) is 0 Å². The Morgan fingerprint density at radius 2 is 1.69 bits per heavy atom. The average molecular weight is 452 g/mol. The Balaban J connectivity index is 2.43. The van der Waals surface area contributed by atoms with Crippen molar-refractivity contribution in [2.45, 2.75) is 11.8 Å². The monoisotopic (exact) mass is 451 g/mol. The van der Waals surface area contributed by atoms with Gasteiger partial charge in [-0.15, -0.1) is 0 Å². The van der Waals surface area contributed by atoms with E-state index in [4.69, 9.17) is 27.9 Å². The number of methoxy groups -OCH3 is 2. The minimum absolute atomic E-state index is 0.0123. The first-order chi connectivity index (χ1) is 13.4. The summed E-state index contributed by atoms with van der Waals surface area (Å²) in [5, 5.41) is 12.9. The van der Waals surface area contributed by atoms with Crippen molar-refractivity contribution in [1.82, 2.24) is 0 Å². The second kappa shape index (κ2) is 8.48. The third-order valence-electron chi connectivity index (χ3n) is 3.94. The van der Waals surface area contributed by atoms with E-state index >= 15 is 0 Å². The smallest absolute Gasteiger partial charge is 0.432 e. The number of esters is 1. The summed E-state index contributed by atoms with van der Waals surface area (Å²) in [7, 11) is 1.85. The Hall–Kier alpha value is -2.49. The highest BCUT2D eigenvalue weighted by atomic mass is 35.5. The molecular weight excluding hydrogens is 438 g/mol. The highest BCUT2D eigenvalue weighted by Gasteiger charge is 2.62. The van der Waals surface area contributed by atoms with Gasteiger partial charge in [-0.3, -0.25) is 4.79 Å². The first-order valence-corrected chi connectivity index (χ1v) is 8.53. The minimum atomic E-state index is -5.37. The van der Waals surface area contributed by atoms with Crippen molar-refractivity contribution in [3.8, 4) is 5.75 Å². The number of halogens is 5. The van der Waals surface area contributed by atoms with Gasteiger partial charge in [-0.2, -0.15) is 13.2 Å². The number of aliphatic hydroxyl groups is 1. The molecule has 0 aliphatic carbocycles. The summed E-state index contributed by atoms with van der Waals surface area (Å²) in [6, 6.07) is 6.73. The van der Waals surface area contributed by atoms with Crippen molar-refractivity contribution < 1.29 is 37.3 Å². The number of ether oxygens (including phenoxy) is 2. The molecule has 0 aliphatic rings. The number of carbonyl (C=O) groups excluding carboxylic acids is 2. The molecule has 2 rings (SSSR count). The molecule has 6 nitrogen and oxygen atoms in total. The Morgan fingerprint density at radius 3 is 2.21 bits per heavy atom. The summed E-state index contributed by atoms with van der Waals surface area (Å²) in [5.41, 5.74) is -4.64. The van der Waals surface area contributed by atoms with Gasteiger partial charge in [-0.05, 0) is 30.3 Å². The molecule has 0 aliphatic heterocycles. The van der Waals surface area contributed by atoms with Crippen LogP contribution in [0.15, 0.2) is 36.4 Å². The number of carbonyl (C=O) groups is 2. The number of hydrogen-bond donors (Lipinski definition) is 2. The minimum Gasteiger partial charge on any atom is -0.495 e. The normalized spacial score (nSPS) is 13.4. The first-order valence-electron chi connectivity index (χ1n) is 7.78. The number of hydrogen-bond acceptors (Lipinski definition) is 5. The van der Waals surface area contributed by atoms with Gasteiger partial charge in [0.15, 0.2) is 0 Å². The molecule has 0 saturated carbocycles. The predicted molar refractivity (Wildman–Crippen MR) is 99.4 cm³/mol. The standard InChI is InChI=1S/C18H14Cl2F3NO5/c1-28-14-8-10(17(27,16(26)29-2)18(21,22)23)4-6-13(14)24-15(25)9-3-5-11(19)12(20)7-9/h3-8,27H,1-2H3,(H,24,25). The van der Waals surface area contributed by atoms with Crippen LogP contribution in [0, 0.1) is 0 Å². The molecule has 1 amide bonds. The van der Waals surface area contributed by atoms with E-state index in [0.717, 1.165) is 25.3 Å². The molecule has 1 atom stereocenters. The Morgan fingerprint density at radius 1 is 1.03 bits per heavy atom. The largest absolute Gasteiger partial charge is 0.495 e. The third-order valence-corrected chi connectivity index (χ3v) is 4.68. The van der Waals surface area contributed by atoms with Crippen LogP contribution in [0.4, 0.5) is 18.9 Å². The molecule has 0 spiro atoms. The molecule has 156 valence electrons. The summed E-state index contributed by atoms with van der Waals surface area (Å²) in [4.78, 5) is 24.0. The molecule has 2 aromatic rings.